The molecule has 0 aliphatic carbocycles. The summed E-state index contributed by atoms with van der Waals surface area (Å²) in [4.78, 5) is 12.0. The molecule has 1 aromatic heterocycles. The van der Waals surface area contributed by atoms with Crippen LogP contribution in [0.25, 0.3) is 6.08 Å². The van der Waals surface area contributed by atoms with Crippen LogP contribution < -0.4 is 5.32 Å². The molecule has 0 saturated carbocycles. The first-order chi connectivity index (χ1) is 11.2. The molecule has 1 fully saturated rings. The van der Waals surface area contributed by atoms with Crippen molar-refractivity contribution in [1.82, 2.24) is 9.78 Å². The highest BCUT2D eigenvalue weighted by Gasteiger charge is 2.16. The van der Waals surface area contributed by atoms with Gasteiger partial charge in [-0.05, 0) is 36.6 Å². The zero-order valence-electron chi connectivity index (χ0n) is 12.6. The number of amides is 1. The maximum Gasteiger partial charge on any atom is 0.248 e. The molecular formula is C17H18ClN3O2. The fourth-order valence-electron chi connectivity index (χ4n) is 2.48. The summed E-state index contributed by atoms with van der Waals surface area (Å²) in [5.41, 5.74) is 1.62. The summed E-state index contributed by atoms with van der Waals surface area (Å²) >= 11 is 5.83. The Morgan fingerprint density at radius 2 is 2.04 bits per heavy atom. The van der Waals surface area contributed by atoms with E-state index < -0.39 is 0 Å². The van der Waals surface area contributed by atoms with Gasteiger partial charge in [-0.25, -0.2) is 0 Å². The molecule has 1 saturated heterocycles. The van der Waals surface area contributed by atoms with Gasteiger partial charge in [0.15, 0.2) is 0 Å². The molecule has 1 aliphatic heterocycles. The Kier molecular flexibility index (Phi) is 5.10. The molecule has 0 unspecified atom stereocenters. The van der Waals surface area contributed by atoms with Gasteiger partial charge in [-0.15, -0.1) is 0 Å². The van der Waals surface area contributed by atoms with Crippen LogP contribution in [-0.4, -0.2) is 28.9 Å². The third kappa shape index (κ3) is 4.43. The van der Waals surface area contributed by atoms with Crippen LogP contribution in [0, 0.1) is 0 Å². The number of halogens is 1. The summed E-state index contributed by atoms with van der Waals surface area (Å²) in [6, 6.07) is 7.64. The molecule has 0 bridgehead atoms. The van der Waals surface area contributed by atoms with Crippen molar-refractivity contribution in [2.24, 2.45) is 0 Å². The van der Waals surface area contributed by atoms with E-state index in [1.165, 1.54) is 6.08 Å². The molecule has 1 aliphatic rings. The molecule has 3 rings (SSSR count). The molecule has 2 aromatic rings. The smallest absolute Gasteiger partial charge is 0.248 e. The Labute approximate surface area is 139 Å². The molecule has 6 heteroatoms. The molecule has 120 valence electrons. The van der Waals surface area contributed by atoms with Crippen molar-refractivity contribution >= 4 is 29.3 Å². The van der Waals surface area contributed by atoms with Gasteiger partial charge in [-0.1, -0.05) is 23.7 Å². The van der Waals surface area contributed by atoms with E-state index >= 15 is 0 Å². The van der Waals surface area contributed by atoms with Gasteiger partial charge in [0.25, 0.3) is 0 Å². The van der Waals surface area contributed by atoms with Crippen molar-refractivity contribution in [3.05, 3.63) is 53.3 Å². The van der Waals surface area contributed by atoms with Crippen LogP contribution in [-0.2, 0) is 9.53 Å². The van der Waals surface area contributed by atoms with Crippen LogP contribution >= 0.6 is 11.6 Å². The largest absolute Gasteiger partial charge is 0.381 e. The molecule has 0 radical (unpaired) electrons. The number of carbonyl (C=O) groups is 1. The summed E-state index contributed by atoms with van der Waals surface area (Å²) in [5, 5.41) is 7.82. The normalized spacial score (nSPS) is 15.9. The van der Waals surface area contributed by atoms with E-state index in [4.69, 9.17) is 16.3 Å². The lowest BCUT2D eigenvalue weighted by Gasteiger charge is -2.22. The van der Waals surface area contributed by atoms with Gasteiger partial charge in [0.2, 0.25) is 5.91 Å². The second-order valence-corrected chi connectivity index (χ2v) is 5.86. The molecule has 0 spiro atoms. The molecule has 1 aromatic carbocycles. The Bertz CT molecular complexity index is 688. The van der Waals surface area contributed by atoms with Crippen molar-refractivity contribution in [3.8, 4) is 0 Å². The number of hydrogen-bond donors (Lipinski definition) is 1. The summed E-state index contributed by atoms with van der Waals surface area (Å²) < 4.78 is 7.25. The van der Waals surface area contributed by atoms with E-state index in [1.807, 2.05) is 23.0 Å². The van der Waals surface area contributed by atoms with Gasteiger partial charge in [0.1, 0.15) is 0 Å². The number of rotatable bonds is 4. The van der Waals surface area contributed by atoms with Crippen LogP contribution in [0.3, 0.4) is 0 Å². The van der Waals surface area contributed by atoms with Crippen molar-refractivity contribution in [3.63, 3.8) is 0 Å². The SMILES string of the molecule is O=C(/C=C/c1ccc(Cl)cc1)Nc1cnn(C2CCOCC2)c1. The lowest BCUT2D eigenvalue weighted by Crippen LogP contribution is -2.19. The van der Waals surface area contributed by atoms with Crippen molar-refractivity contribution in [1.29, 1.82) is 0 Å². The van der Waals surface area contributed by atoms with E-state index in [0.717, 1.165) is 31.6 Å². The summed E-state index contributed by atoms with van der Waals surface area (Å²) in [6.07, 6.45) is 8.67. The number of carbonyl (C=O) groups excluding carboxylic acids is 1. The maximum atomic E-state index is 12.0. The topological polar surface area (TPSA) is 56.2 Å². The van der Waals surface area contributed by atoms with Gasteiger partial charge in [-0.2, -0.15) is 5.10 Å². The molecule has 1 N–H and O–H groups in total. The number of ether oxygens (including phenoxy) is 1. The Hall–Kier alpha value is -2.11. The number of aromatic nitrogens is 2. The quantitative estimate of drug-likeness (QED) is 0.872. The summed E-state index contributed by atoms with van der Waals surface area (Å²) in [7, 11) is 0. The van der Waals surface area contributed by atoms with Crippen LogP contribution in [0.1, 0.15) is 24.4 Å². The van der Waals surface area contributed by atoms with E-state index in [1.54, 1.807) is 24.4 Å². The minimum Gasteiger partial charge on any atom is -0.381 e. The van der Waals surface area contributed by atoms with E-state index in [0.29, 0.717) is 16.8 Å². The van der Waals surface area contributed by atoms with E-state index in [9.17, 15) is 4.79 Å². The first-order valence-corrected chi connectivity index (χ1v) is 7.95. The average molecular weight is 332 g/mol. The molecule has 0 atom stereocenters. The summed E-state index contributed by atoms with van der Waals surface area (Å²) in [6.45, 7) is 1.52. The minimum absolute atomic E-state index is 0.188. The van der Waals surface area contributed by atoms with Crippen LogP contribution in [0.4, 0.5) is 5.69 Å². The molecule has 1 amide bonds. The Morgan fingerprint density at radius 3 is 2.78 bits per heavy atom. The molecule has 5 nitrogen and oxygen atoms in total. The van der Waals surface area contributed by atoms with E-state index in [2.05, 4.69) is 10.4 Å². The number of nitrogens with zero attached hydrogens (tertiary/aromatic N) is 2. The lowest BCUT2D eigenvalue weighted by atomic mass is 10.1. The average Bonchev–Trinajstić information content (AvgIpc) is 3.04. The highest BCUT2D eigenvalue weighted by molar-refractivity contribution is 6.30. The predicted molar refractivity (Wildman–Crippen MR) is 90.4 cm³/mol. The molecular weight excluding hydrogens is 314 g/mol. The third-order valence-electron chi connectivity index (χ3n) is 3.73. The highest BCUT2D eigenvalue weighted by atomic mass is 35.5. The van der Waals surface area contributed by atoms with Crippen molar-refractivity contribution in [2.75, 3.05) is 18.5 Å². The maximum absolute atomic E-state index is 12.0. The van der Waals surface area contributed by atoms with E-state index in [-0.39, 0.29) is 5.91 Å². The fourth-order valence-corrected chi connectivity index (χ4v) is 2.61. The Morgan fingerprint density at radius 1 is 1.30 bits per heavy atom. The molecule has 23 heavy (non-hydrogen) atoms. The van der Waals surface area contributed by atoms with Crippen molar-refractivity contribution < 1.29 is 9.53 Å². The van der Waals surface area contributed by atoms with Gasteiger partial charge in [0.05, 0.1) is 17.9 Å². The third-order valence-corrected chi connectivity index (χ3v) is 3.98. The number of anilines is 1. The van der Waals surface area contributed by atoms with Gasteiger partial charge in [0, 0.05) is 30.5 Å². The predicted octanol–water partition coefficient (Wildman–Crippen LogP) is 3.54. The number of benzene rings is 1. The van der Waals surface area contributed by atoms with Crippen LogP contribution in [0.15, 0.2) is 42.7 Å². The second kappa shape index (κ2) is 7.44. The summed E-state index contributed by atoms with van der Waals surface area (Å²) in [5.74, 6) is -0.188. The first-order valence-electron chi connectivity index (χ1n) is 7.57. The minimum atomic E-state index is -0.188. The standard InChI is InChI=1S/C17H18ClN3O2/c18-14-4-1-13(2-5-14)3-6-17(22)20-15-11-19-21(12-15)16-7-9-23-10-8-16/h1-6,11-12,16H,7-10H2,(H,20,22)/b6-3+. The number of nitrogens with one attached hydrogen (secondary N) is 1. The first kappa shape index (κ1) is 15.8. The van der Waals surface area contributed by atoms with Crippen LogP contribution in [0.5, 0.6) is 0 Å². The number of hydrogen-bond acceptors (Lipinski definition) is 3. The zero-order chi connectivity index (χ0) is 16.1. The van der Waals surface area contributed by atoms with Gasteiger partial charge in [-0.3, -0.25) is 9.48 Å². The Balaban J connectivity index is 1.57. The molecule has 2 heterocycles. The fraction of sp³-hybridized carbons (Fsp3) is 0.294. The zero-order valence-corrected chi connectivity index (χ0v) is 13.4. The highest BCUT2D eigenvalue weighted by Crippen LogP contribution is 2.21. The van der Waals surface area contributed by atoms with Gasteiger partial charge >= 0.3 is 0 Å². The monoisotopic (exact) mass is 331 g/mol. The second-order valence-electron chi connectivity index (χ2n) is 5.43. The van der Waals surface area contributed by atoms with Gasteiger partial charge < -0.3 is 10.1 Å². The van der Waals surface area contributed by atoms with Crippen molar-refractivity contribution in [2.45, 2.75) is 18.9 Å². The lowest BCUT2D eigenvalue weighted by molar-refractivity contribution is -0.111. The van der Waals surface area contributed by atoms with Crippen LogP contribution in [0.2, 0.25) is 5.02 Å².